The summed E-state index contributed by atoms with van der Waals surface area (Å²) in [6, 6.07) is 14.4. The van der Waals surface area contributed by atoms with Gasteiger partial charge in [-0.15, -0.1) is 0 Å². The Morgan fingerprint density at radius 3 is 2.71 bits per heavy atom. The molecule has 1 heterocycles. The van der Waals surface area contributed by atoms with Crippen molar-refractivity contribution >= 4 is 30.0 Å². The Balaban J connectivity index is 1.10. The molecular formula is C27H34N2O4S. The largest absolute Gasteiger partial charge is 0.494 e. The molecule has 1 aliphatic heterocycles. The van der Waals surface area contributed by atoms with Gasteiger partial charge in [-0.05, 0) is 87.8 Å². The number of benzene rings is 2. The topological polar surface area (TPSA) is 69.2 Å². The molecule has 1 saturated carbocycles. The summed E-state index contributed by atoms with van der Waals surface area (Å²) in [5.41, 5.74) is 2.45. The van der Waals surface area contributed by atoms with Crippen molar-refractivity contribution < 1.29 is 18.6 Å². The van der Waals surface area contributed by atoms with Crippen LogP contribution in [0, 0.1) is 0 Å². The van der Waals surface area contributed by atoms with Crippen molar-refractivity contribution in [3.05, 3.63) is 53.6 Å². The predicted octanol–water partition coefficient (Wildman–Crippen LogP) is 7.79. The maximum atomic E-state index is 11.6. The molecule has 2 aromatic rings. The van der Waals surface area contributed by atoms with Crippen LogP contribution in [0.4, 0.5) is 10.5 Å². The second-order valence-corrected chi connectivity index (χ2v) is 10.2. The number of amides is 1. The fourth-order valence-corrected chi connectivity index (χ4v) is 4.99. The third kappa shape index (κ3) is 6.69. The Morgan fingerprint density at radius 1 is 1.12 bits per heavy atom. The van der Waals surface area contributed by atoms with Gasteiger partial charge in [0, 0.05) is 11.8 Å². The molecule has 34 heavy (non-hydrogen) atoms. The van der Waals surface area contributed by atoms with Gasteiger partial charge in [-0.25, -0.2) is 4.79 Å². The first-order valence-corrected chi connectivity index (χ1v) is 13.0. The highest BCUT2D eigenvalue weighted by Gasteiger charge is 2.33. The molecule has 0 radical (unpaired) electrons. The zero-order valence-electron chi connectivity index (χ0n) is 20.0. The molecule has 2 aromatic carbocycles. The molecule has 4 rings (SSSR count). The molecule has 7 heteroatoms. The van der Waals surface area contributed by atoms with Gasteiger partial charge in [0.05, 0.1) is 17.2 Å². The lowest BCUT2D eigenvalue weighted by atomic mass is 9.84. The van der Waals surface area contributed by atoms with Crippen LogP contribution in [-0.4, -0.2) is 18.9 Å². The monoisotopic (exact) mass is 482 g/mol. The summed E-state index contributed by atoms with van der Waals surface area (Å²) in [6.07, 6.45) is 10.8. The van der Waals surface area contributed by atoms with E-state index in [0.717, 1.165) is 47.1 Å². The van der Waals surface area contributed by atoms with Gasteiger partial charge in [-0.3, -0.25) is 5.32 Å². The molecule has 1 amide bonds. The fraction of sp³-hybridized carbons (Fsp3) is 0.481. The Bertz CT molecular complexity index is 985. The molecule has 0 spiro atoms. The fourth-order valence-electron chi connectivity index (χ4n) is 4.55. The summed E-state index contributed by atoms with van der Waals surface area (Å²) in [6.45, 7) is 4.37. The molecule has 0 atom stereocenters. The van der Waals surface area contributed by atoms with E-state index in [1.165, 1.54) is 49.7 Å². The molecule has 1 N–H and O–H groups in total. The molecule has 1 aliphatic carbocycles. The number of anilines is 1. The third-order valence-electron chi connectivity index (χ3n) is 6.43. The van der Waals surface area contributed by atoms with E-state index in [1.807, 2.05) is 38.3 Å². The Morgan fingerprint density at radius 2 is 1.91 bits per heavy atom. The van der Waals surface area contributed by atoms with E-state index in [1.54, 1.807) is 0 Å². The van der Waals surface area contributed by atoms with Gasteiger partial charge in [-0.1, -0.05) is 36.6 Å². The number of ether oxygens (including phenoxy) is 2. The highest BCUT2D eigenvalue weighted by molar-refractivity contribution is 7.94. The Kier molecular flexibility index (Phi) is 8.38. The van der Waals surface area contributed by atoms with E-state index >= 15 is 0 Å². The summed E-state index contributed by atoms with van der Waals surface area (Å²) >= 11 is 1.29. The van der Waals surface area contributed by atoms with Crippen LogP contribution in [0.2, 0.25) is 0 Å². The number of oxime groups is 1. The number of fused-ring (bicyclic) bond motifs is 1. The van der Waals surface area contributed by atoms with Crippen molar-refractivity contribution in [1.82, 2.24) is 0 Å². The van der Waals surface area contributed by atoms with Crippen LogP contribution in [0.1, 0.15) is 82.3 Å². The van der Waals surface area contributed by atoms with Gasteiger partial charge in [-0.2, -0.15) is 0 Å². The minimum absolute atomic E-state index is 0.428. The minimum atomic E-state index is -0.678. The predicted molar refractivity (Wildman–Crippen MR) is 137 cm³/mol. The number of unbranched alkanes of at least 4 members (excludes halogenated alkanes) is 2. The number of hydrogen-bond acceptors (Lipinski definition) is 6. The maximum absolute atomic E-state index is 11.6. The molecule has 1 fully saturated rings. The molecule has 6 nitrogen and oxygen atoms in total. The van der Waals surface area contributed by atoms with E-state index in [4.69, 9.17) is 13.8 Å². The summed E-state index contributed by atoms with van der Waals surface area (Å²) in [4.78, 5) is 12.7. The lowest BCUT2D eigenvalue weighted by Gasteiger charge is -2.32. The van der Waals surface area contributed by atoms with E-state index in [0.29, 0.717) is 6.61 Å². The molecule has 0 bridgehead atoms. The van der Waals surface area contributed by atoms with Crippen molar-refractivity contribution in [3.8, 4) is 5.75 Å². The Labute approximate surface area is 206 Å². The van der Waals surface area contributed by atoms with Crippen molar-refractivity contribution in [1.29, 1.82) is 0 Å². The van der Waals surface area contributed by atoms with Crippen molar-refractivity contribution in [3.63, 3.8) is 0 Å². The second kappa shape index (κ2) is 11.6. The van der Waals surface area contributed by atoms with Gasteiger partial charge in [0.25, 0.3) is 0 Å². The standard InChI is InChI=1S/C27H34N2O4S/c1-27(2)24-19-22(13-16-25(24)29-26(30)32-27)31-18-8-4-7-17-28-33-34-23-14-11-21(12-15-23)20-9-5-3-6-10-20/h11-17,19-20H,3-10,18H2,1-2H3,(H,29,30). The number of nitrogens with zero attached hydrogens (tertiary/aromatic N) is 1. The normalized spacial score (nSPS) is 17.6. The molecule has 0 saturated heterocycles. The highest BCUT2D eigenvalue weighted by Crippen LogP contribution is 2.37. The van der Waals surface area contributed by atoms with Gasteiger partial charge in [0.2, 0.25) is 0 Å². The average Bonchev–Trinajstić information content (AvgIpc) is 2.84. The highest BCUT2D eigenvalue weighted by atomic mass is 32.2. The van der Waals surface area contributed by atoms with Crippen LogP contribution in [0.5, 0.6) is 5.75 Å². The van der Waals surface area contributed by atoms with E-state index in [9.17, 15) is 4.79 Å². The Hall–Kier alpha value is -2.67. The minimum Gasteiger partial charge on any atom is -0.494 e. The molecule has 182 valence electrons. The second-order valence-electron chi connectivity index (χ2n) is 9.43. The lowest BCUT2D eigenvalue weighted by Crippen LogP contribution is -2.34. The number of cyclic esters (lactones) is 1. The number of hydrogen-bond donors (Lipinski definition) is 1. The number of carbonyl (C=O) groups is 1. The van der Waals surface area contributed by atoms with E-state index in [-0.39, 0.29) is 0 Å². The summed E-state index contributed by atoms with van der Waals surface area (Å²) in [7, 11) is 0. The van der Waals surface area contributed by atoms with Gasteiger partial charge in [0.1, 0.15) is 23.4 Å². The number of carbonyl (C=O) groups excluding carboxylic acids is 1. The third-order valence-corrected chi connectivity index (χ3v) is 7.05. The summed E-state index contributed by atoms with van der Waals surface area (Å²) in [5, 5.41) is 6.78. The zero-order valence-corrected chi connectivity index (χ0v) is 20.9. The zero-order chi connectivity index (χ0) is 23.8. The molecule has 0 unspecified atom stereocenters. The van der Waals surface area contributed by atoms with Crippen LogP contribution in [-0.2, 0) is 14.6 Å². The van der Waals surface area contributed by atoms with Crippen molar-refractivity contribution in [2.24, 2.45) is 5.16 Å². The maximum Gasteiger partial charge on any atom is 0.412 e. The average molecular weight is 483 g/mol. The molecular weight excluding hydrogens is 448 g/mol. The first kappa shape index (κ1) is 24.5. The first-order valence-electron chi connectivity index (χ1n) is 12.2. The number of nitrogens with one attached hydrogen (secondary N) is 1. The van der Waals surface area contributed by atoms with Crippen molar-refractivity contribution in [2.45, 2.75) is 81.6 Å². The first-order chi connectivity index (χ1) is 16.5. The smallest absolute Gasteiger partial charge is 0.412 e. The quantitative estimate of drug-likeness (QED) is 0.162. The van der Waals surface area contributed by atoms with Gasteiger partial charge < -0.3 is 13.8 Å². The van der Waals surface area contributed by atoms with Crippen LogP contribution >= 0.6 is 12.0 Å². The SMILES string of the molecule is CC1(C)OC(=O)Nc2ccc(OCCCCC=NOSc3ccc(C4CCCCC4)cc3)cc21. The van der Waals surface area contributed by atoms with Crippen molar-refractivity contribution in [2.75, 3.05) is 11.9 Å². The van der Waals surface area contributed by atoms with E-state index in [2.05, 4.69) is 34.7 Å². The molecule has 2 aliphatic rings. The van der Waals surface area contributed by atoms with Crippen LogP contribution in [0.3, 0.4) is 0 Å². The van der Waals surface area contributed by atoms with Crippen LogP contribution < -0.4 is 10.1 Å². The van der Waals surface area contributed by atoms with Crippen LogP contribution in [0.25, 0.3) is 0 Å². The summed E-state index contributed by atoms with van der Waals surface area (Å²) in [5.74, 6) is 1.50. The molecule has 0 aromatic heterocycles. The van der Waals surface area contributed by atoms with E-state index < -0.39 is 11.7 Å². The van der Waals surface area contributed by atoms with Crippen LogP contribution in [0.15, 0.2) is 52.5 Å². The van der Waals surface area contributed by atoms with Gasteiger partial charge in [0.15, 0.2) is 0 Å². The van der Waals surface area contributed by atoms with Gasteiger partial charge >= 0.3 is 6.09 Å². The summed E-state index contributed by atoms with van der Waals surface area (Å²) < 4.78 is 16.6. The lowest BCUT2D eigenvalue weighted by molar-refractivity contribution is 0.0418. The number of rotatable bonds is 10.